The molecule has 1 saturated carbocycles. The van der Waals surface area contributed by atoms with E-state index in [0.717, 1.165) is 28.9 Å². The predicted molar refractivity (Wildman–Crippen MR) is 69.7 cm³/mol. The van der Waals surface area contributed by atoms with Crippen molar-refractivity contribution in [3.8, 4) is 0 Å². The van der Waals surface area contributed by atoms with Crippen LogP contribution in [0.4, 0.5) is 0 Å². The van der Waals surface area contributed by atoms with Crippen molar-refractivity contribution in [3.63, 3.8) is 0 Å². The molecule has 0 aromatic heterocycles. The molecule has 88 valence electrons. The second kappa shape index (κ2) is 5.05. The number of hydrogen-bond donors (Lipinski definition) is 2. The number of aliphatic hydroxyl groups excluding tert-OH is 1. The minimum Gasteiger partial charge on any atom is -0.394 e. The Labute approximate surface area is 109 Å². The molecule has 2 nitrogen and oxygen atoms in total. The summed E-state index contributed by atoms with van der Waals surface area (Å²) < 4.78 is 1.01. The van der Waals surface area contributed by atoms with Crippen LogP contribution in [0.25, 0.3) is 0 Å². The van der Waals surface area contributed by atoms with Crippen molar-refractivity contribution < 1.29 is 5.11 Å². The Balaban J connectivity index is 1.99. The normalized spacial score (nSPS) is 18.2. The van der Waals surface area contributed by atoms with Crippen molar-refractivity contribution in [1.82, 2.24) is 5.32 Å². The molecule has 2 rings (SSSR count). The van der Waals surface area contributed by atoms with E-state index >= 15 is 0 Å². The monoisotopic (exact) mass is 303 g/mol. The highest BCUT2D eigenvalue weighted by molar-refractivity contribution is 9.10. The van der Waals surface area contributed by atoms with Crippen molar-refractivity contribution in [2.24, 2.45) is 0 Å². The van der Waals surface area contributed by atoms with Gasteiger partial charge in [0.05, 0.1) is 6.61 Å². The van der Waals surface area contributed by atoms with Crippen LogP contribution in [-0.4, -0.2) is 17.3 Å². The summed E-state index contributed by atoms with van der Waals surface area (Å²) in [4.78, 5) is 0. The van der Waals surface area contributed by atoms with E-state index in [-0.39, 0.29) is 12.1 Å². The third-order valence-corrected chi connectivity index (χ3v) is 4.26. The number of rotatable bonds is 4. The van der Waals surface area contributed by atoms with Gasteiger partial charge in [0.15, 0.2) is 0 Å². The molecule has 0 bridgehead atoms. The Kier molecular flexibility index (Phi) is 3.90. The van der Waals surface area contributed by atoms with Gasteiger partial charge in [0.25, 0.3) is 0 Å². The molecule has 4 heteroatoms. The molecule has 16 heavy (non-hydrogen) atoms. The summed E-state index contributed by atoms with van der Waals surface area (Å²) in [5.74, 6) is 0. The predicted octanol–water partition coefficient (Wildman–Crippen LogP) is 3.11. The van der Waals surface area contributed by atoms with Crippen LogP contribution in [0.5, 0.6) is 0 Å². The number of benzene rings is 1. The van der Waals surface area contributed by atoms with Gasteiger partial charge in [0.1, 0.15) is 0 Å². The van der Waals surface area contributed by atoms with Crippen molar-refractivity contribution >= 4 is 27.5 Å². The Morgan fingerprint density at radius 2 is 2.19 bits per heavy atom. The molecular formula is C12H15BrClNO. The molecule has 1 aliphatic carbocycles. The summed E-state index contributed by atoms with van der Waals surface area (Å²) in [6.45, 7) is 0.983. The second-order valence-corrected chi connectivity index (χ2v) is 5.67. The van der Waals surface area contributed by atoms with Gasteiger partial charge in [-0.2, -0.15) is 0 Å². The van der Waals surface area contributed by atoms with E-state index < -0.39 is 0 Å². The zero-order valence-electron chi connectivity index (χ0n) is 8.97. The van der Waals surface area contributed by atoms with Crippen LogP contribution in [0.15, 0.2) is 22.7 Å². The minimum atomic E-state index is -0.0426. The average Bonchev–Trinajstić information content (AvgIpc) is 2.19. The molecule has 1 fully saturated rings. The fourth-order valence-electron chi connectivity index (χ4n) is 1.94. The maximum atomic E-state index is 9.33. The summed E-state index contributed by atoms with van der Waals surface area (Å²) >= 11 is 9.37. The van der Waals surface area contributed by atoms with E-state index in [9.17, 15) is 5.11 Å². The second-order valence-electron chi connectivity index (χ2n) is 4.38. The van der Waals surface area contributed by atoms with Gasteiger partial charge in [-0.25, -0.2) is 0 Å². The first-order valence-corrected chi connectivity index (χ1v) is 6.62. The molecule has 2 N–H and O–H groups in total. The van der Waals surface area contributed by atoms with E-state index in [1.807, 2.05) is 18.2 Å². The first-order chi connectivity index (χ1) is 7.65. The number of aliphatic hydroxyl groups is 1. The fraction of sp³-hybridized carbons (Fsp3) is 0.500. The third kappa shape index (κ3) is 2.59. The molecular weight excluding hydrogens is 289 g/mol. The highest BCUT2D eigenvalue weighted by Crippen LogP contribution is 2.32. The van der Waals surface area contributed by atoms with Gasteiger partial charge in [-0.1, -0.05) is 33.6 Å². The molecule has 0 radical (unpaired) electrons. The lowest BCUT2D eigenvalue weighted by Crippen LogP contribution is -2.53. The van der Waals surface area contributed by atoms with Gasteiger partial charge >= 0.3 is 0 Å². The molecule has 0 atom stereocenters. The van der Waals surface area contributed by atoms with Gasteiger partial charge < -0.3 is 10.4 Å². The summed E-state index contributed by atoms with van der Waals surface area (Å²) in [6, 6.07) is 5.78. The van der Waals surface area contributed by atoms with Gasteiger partial charge in [0, 0.05) is 21.6 Å². The fourth-order valence-corrected chi connectivity index (χ4v) is 2.76. The first-order valence-electron chi connectivity index (χ1n) is 5.45. The Morgan fingerprint density at radius 3 is 2.69 bits per heavy atom. The first kappa shape index (κ1) is 12.4. The Hall–Kier alpha value is -0.0900. The highest BCUT2D eigenvalue weighted by atomic mass is 79.9. The molecule has 0 spiro atoms. The van der Waals surface area contributed by atoms with Gasteiger partial charge in [0.2, 0.25) is 0 Å². The van der Waals surface area contributed by atoms with E-state index in [1.54, 1.807) is 0 Å². The summed E-state index contributed by atoms with van der Waals surface area (Å²) in [7, 11) is 0. The zero-order chi connectivity index (χ0) is 11.6. The average molecular weight is 305 g/mol. The third-order valence-electron chi connectivity index (χ3n) is 3.28. The van der Waals surface area contributed by atoms with Crippen LogP contribution in [-0.2, 0) is 6.54 Å². The lowest BCUT2D eigenvalue weighted by molar-refractivity contribution is 0.0871. The summed E-state index contributed by atoms with van der Waals surface area (Å²) in [5.41, 5.74) is 1.13. The van der Waals surface area contributed by atoms with Crippen LogP contribution in [0, 0.1) is 0 Å². The number of hydrogen-bond acceptors (Lipinski definition) is 2. The number of nitrogens with one attached hydrogen (secondary N) is 1. The molecule has 1 aliphatic rings. The van der Waals surface area contributed by atoms with Gasteiger partial charge in [-0.15, -0.1) is 0 Å². The summed E-state index contributed by atoms with van der Waals surface area (Å²) in [6.07, 6.45) is 3.33. The van der Waals surface area contributed by atoms with Crippen LogP contribution < -0.4 is 5.32 Å². The largest absolute Gasteiger partial charge is 0.394 e. The number of halogens is 2. The van der Waals surface area contributed by atoms with E-state index in [4.69, 9.17) is 11.6 Å². The quantitative estimate of drug-likeness (QED) is 0.896. The zero-order valence-corrected chi connectivity index (χ0v) is 11.3. The Morgan fingerprint density at radius 1 is 1.44 bits per heavy atom. The molecule has 0 amide bonds. The van der Waals surface area contributed by atoms with Gasteiger partial charge in [-0.05, 0) is 37.0 Å². The molecule has 0 aliphatic heterocycles. The SMILES string of the molecule is OCC1(NCc2ccc(Cl)cc2Br)CCC1. The maximum Gasteiger partial charge on any atom is 0.0613 e. The lowest BCUT2D eigenvalue weighted by Gasteiger charge is -2.41. The molecule has 0 unspecified atom stereocenters. The van der Waals surface area contributed by atoms with Crippen LogP contribution in [0.2, 0.25) is 5.02 Å². The van der Waals surface area contributed by atoms with E-state index in [2.05, 4.69) is 21.2 Å². The van der Waals surface area contributed by atoms with Crippen LogP contribution >= 0.6 is 27.5 Å². The van der Waals surface area contributed by atoms with E-state index in [1.165, 1.54) is 12.0 Å². The van der Waals surface area contributed by atoms with Crippen LogP contribution in [0.3, 0.4) is 0 Å². The maximum absolute atomic E-state index is 9.33. The van der Waals surface area contributed by atoms with Gasteiger partial charge in [-0.3, -0.25) is 0 Å². The van der Waals surface area contributed by atoms with Crippen LogP contribution in [0.1, 0.15) is 24.8 Å². The smallest absolute Gasteiger partial charge is 0.0613 e. The lowest BCUT2D eigenvalue weighted by atomic mass is 9.77. The topological polar surface area (TPSA) is 32.3 Å². The minimum absolute atomic E-state index is 0.0426. The van der Waals surface area contributed by atoms with Crippen molar-refractivity contribution in [3.05, 3.63) is 33.3 Å². The van der Waals surface area contributed by atoms with Crippen molar-refractivity contribution in [2.45, 2.75) is 31.3 Å². The molecule has 1 aromatic carbocycles. The molecule has 1 aromatic rings. The highest BCUT2D eigenvalue weighted by Gasteiger charge is 2.35. The Bertz CT molecular complexity index is 374. The summed E-state index contributed by atoms with van der Waals surface area (Å²) in [5, 5.41) is 13.5. The van der Waals surface area contributed by atoms with E-state index in [0.29, 0.717) is 0 Å². The molecule has 0 heterocycles. The van der Waals surface area contributed by atoms with Crippen molar-refractivity contribution in [2.75, 3.05) is 6.61 Å². The molecule has 0 saturated heterocycles. The van der Waals surface area contributed by atoms with Crippen molar-refractivity contribution in [1.29, 1.82) is 0 Å². The standard InChI is InChI=1S/C12H15BrClNO/c13-11-6-10(14)3-2-9(11)7-15-12(8-16)4-1-5-12/h2-3,6,15-16H,1,4-5,7-8H2.